The third-order valence-corrected chi connectivity index (χ3v) is 7.56. The Hall–Kier alpha value is -5.73. The van der Waals surface area contributed by atoms with Crippen molar-refractivity contribution in [3.63, 3.8) is 0 Å². The van der Waals surface area contributed by atoms with Gasteiger partial charge in [0.2, 0.25) is 34.8 Å². The Morgan fingerprint density at radius 1 is 0.596 bits per heavy atom. The van der Waals surface area contributed by atoms with E-state index in [1.165, 1.54) is 26.1 Å². The van der Waals surface area contributed by atoms with Crippen LogP contribution in [-0.2, 0) is 13.2 Å². The highest BCUT2D eigenvalue weighted by Crippen LogP contribution is 2.43. The van der Waals surface area contributed by atoms with Gasteiger partial charge in [-0.25, -0.2) is 4.57 Å². The van der Waals surface area contributed by atoms with E-state index < -0.39 is 80.2 Å². The third kappa shape index (κ3) is 4.85. The molecule has 0 aliphatic carbocycles. The number of aromatic nitrogens is 2. The Morgan fingerprint density at radius 2 is 1.04 bits per heavy atom. The summed E-state index contributed by atoms with van der Waals surface area (Å²) in [6.07, 6.45) is -5.36. The minimum Gasteiger partial charge on any atom is -0.451 e. The highest BCUT2D eigenvalue weighted by Gasteiger charge is 2.37. The molecular formula is C32H17F7N2O6. The highest BCUT2D eigenvalue weighted by atomic mass is 19.4. The van der Waals surface area contributed by atoms with Crippen LogP contribution < -0.4 is 31.7 Å². The second-order valence-corrected chi connectivity index (χ2v) is 10.6. The van der Waals surface area contributed by atoms with Gasteiger partial charge in [0.25, 0.3) is 22.2 Å². The van der Waals surface area contributed by atoms with Crippen molar-refractivity contribution in [3.8, 4) is 28.7 Å². The number of benzene rings is 4. The summed E-state index contributed by atoms with van der Waals surface area (Å²) < 4.78 is 113. The van der Waals surface area contributed by atoms with Gasteiger partial charge in [-0.3, -0.25) is 23.7 Å². The Kier molecular flexibility index (Phi) is 7.10. The number of ether oxygens (including phenoxy) is 2. The molecule has 0 unspecified atom stereocenters. The lowest BCUT2D eigenvalue weighted by molar-refractivity contribution is -0.138. The van der Waals surface area contributed by atoms with E-state index in [9.17, 15) is 41.1 Å². The predicted octanol–water partition coefficient (Wildman–Crippen LogP) is 6.22. The summed E-state index contributed by atoms with van der Waals surface area (Å²) in [5.74, 6) is -13.4. The average Bonchev–Trinajstić information content (AvgIpc) is 3.39. The SMILES string of the molecule is Cc1ccc(Oc2c(F)c(F)c(Oc3ccc(-n4c(=O)c5cc6c(=O)n(C)c(=O)c6cc5c4=O)cc3C(F)(F)F)c(F)c2F)c(C)c1. The maximum Gasteiger partial charge on any atom is 0.420 e. The first-order valence-corrected chi connectivity index (χ1v) is 13.4. The van der Waals surface area contributed by atoms with Crippen LogP contribution in [0.3, 0.4) is 0 Å². The minimum atomic E-state index is -5.36. The standard InChI is InChI=1S/C32H17F7N2O6/c1-12-4-6-20(13(2)8-12)46-26-22(33)24(35)27(25(36)23(26)34)47-21-7-5-14(9-19(21)32(37,38)39)41-30(44)17-10-15-16(11-18(17)31(41)45)29(43)40(3)28(15)42/h4-11H,1-3H3. The van der Waals surface area contributed by atoms with Gasteiger partial charge in [0.05, 0.1) is 27.2 Å². The average molecular weight is 658 g/mol. The van der Waals surface area contributed by atoms with E-state index >= 15 is 8.78 Å². The largest absolute Gasteiger partial charge is 0.451 e. The van der Waals surface area contributed by atoms with E-state index in [-0.39, 0.29) is 33.4 Å². The fourth-order valence-corrected chi connectivity index (χ4v) is 5.20. The molecule has 4 aromatic carbocycles. The Morgan fingerprint density at radius 3 is 1.51 bits per heavy atom. The lowest BCUT2D eigenvalue weighted by Crippen LogP contribution is -2.24. The number of fused-ring (bicyclic) bond motifs is 2. The van der Waals surface area contributed by atoms with Gasteiger partial charge in [-0.05, 0) is 55.8 Å². The smallest absolute Gasteiger partial charge is 0.420 e. The summed E-state index contributed by atoms with van der Waals surface area (Å²) in [5.41, 5.74) is -5.14. The van der Waals surface area contributed by atoms with E-state index in [1.54, 1.807) is 13.0 Å². The Labute approximate surface area is 256 Å². The molecule has 47 heavy (non-hydrogen) atoms. The zero-order valence-corrected chi connectivity index (χ0v) is 24.1. The molecule has 8 nitrogen and oxygen atoms in total. The molecule has 0 N–H and O–H groups in total. The van der Waals surface area contributed by atoms with Crippen molar-refractivity contribution in [2.24, 2.45) is 7.05 Å². The molecule has 0 spiro atoms. The quantitative estimate of drug-likeness (QED) is 0.161. The van der Waals surface area contributed by atoms with Gasteiger partial charge in [-0.2, -0.15) is 30.7 Å². The normalized spacial score (nSPS) is 12.0. The highest BCUT2D eigenvalue weighted by molar-refractivity contribution is 5.98. The van der Waals surface area contributed by atoms with Crippen LogP contribution in [-0.4, -0.2) is 9.13 Å². The summed E-state index contributed by atoms with van der Waals surface area (Å²) in [7, 11) is 1.18. The van der Waals surface area contributed by atoms with Crippen LogP contribution in [0.25, 0.3) is 27.2 Å². The number of rotatable bonds is 5. The molecule has 6 aromatic rings. The van der Waals surface area contributed by atoms with Gasteiger partial charge in [-0.15, -0.1) is 0 Å². The van der Waals surface area contributed by atoms with Crippen LogP contribution in [0.5, 0.6) is 23.0 Å². The molecule has 2 heterocycles. The zero-order valence-electron chi connectivity index (χ0n) is 24.1. The van der Waals surface area contributed by atoms with Crippen LogP contribution in [0, 0.1) is 37.1 Å². The molecule has 240 valence electrons. The minimum absolute atomic E-state index is 0.154. The zero-order chi connectivity index (χ0) is 34.3. The molecule has 0 saturated heterocycles. The number of hydrogen-bond acceptors (Lipinski definition) is 6. The Bertz CT molecular complexity index is 2420. The Balaban J connectivity index is 1.45. The number of nitrogens with zero attached hydrogens (tertiary/aromatic N) is 2. The van der Waals surface area contributed by atoms with Crippen LogP contribution >= 0.6 is 0 Å². The van der Waals surface area contributed by atoms with Crippen molar-refractivity contribution in [3.05, 3.63) is 130 Å². The molecule has 0 bridgehead atoms. The molecule has 6 rings (SSSR count). The summed E-state index contributed by atoms with van der Waals surface area (Å²) in [6, 6.07) is 7.81. The first kappa shape index (κ1) is 31.3. The molecule has 0 amide bonds. The predicted molar refractivity (Wildman–Crippen MR) is 155 cm³/mol. The monoisotopic (exact) mass is 658 g/mol. The maximum absolute atomic E-state index is 15.0. The maximum atomic E-state index is 15.0. The van der Waals surface area contributed by atoms with E-state index in [1.807, 2.05) is 0 Å². The fraction of sp³-hybridized carbons (Fsp3) is 0.125. The fourth-order valence-electron chi connectivity index (χ4n) is 5.20. The molecule has 15 heteroatoms. The molecular weight excluding hydrogens is 641 g/mol. The summed E-state index contributed by atoms with van der Waals surface area (Å²) in [6.45, 7) is 3.21. The van der Waals surface area contributed by atoms with E-state index in [0.717, 1.165) is 28.3 Å². The van der Waals surface area contributed by atoms with Gasteiger partial charge in [0.15, 0.2) is 0 Å². The van der Waals surface area contributed by atoms with Crippen molar-refractivity contribution in [2.45, 2.75) is 20.0 Å². The van der Waals surface area contributed by atoms with Gasteiger partial charge >= 0.3 is 6.18 Å². The second kappa shape index (κ2) is 10.7. The molecule has 0 saturated carbocycles. The lowest BCUT2D eigenvalue weighted by atomic mass is 10.1. The first-order valence-electron chi connectivity index (χ1n) is 13.4. The molecule has 0 aliphatic heterocycles. The van der Waals surface area contributed by atoms with Crippen molar-refractivity contribution in [2.75, 3.05) is 0 Å². The number of alkyl halides is 3. The number of hydrogen-bond donors (Lipinski definition) is 0. The van der Waals surface area contributed by atoms with Crippen LogP contribution in [0.1, 0.15) is 16.7 Å². The van der Waals surface area contributed by atoms with Crippen LogP contribution in [0.4, 0.5) is 30.7 Å². The van der Waals surface area contributed by atoms with Gasteiger partial charge < -0.3 is 9.47 Å². The van der Waals surface area contributed by atoms with Gasteiger partial charge in [-0.1, -0.05) is 17.7 Å². The van der Waals surface area contributed by atoms with Crippen molar-refractivity contribution in [1.82, 2.24) is 9.13 Å². The summed E-state index contributed by atoms with van der Waals surface area (Å²) in [4.78, 5) is 51.0. The van der Waals surface area contributed by atoms with Crippen LogP contribution in [0.15, 0.2) is 67.7 Å². The molecule has 0 atom stereocenters. The van der Waals surface area contributed by atoms with E-state index in [4.69, 9.17) is 9.47 Å². The lowest BCUT2D eigenvalue weighted by Gasteiger charge is -2.17. The van der Waals surface area contributed by atoms with Gasteiger partial charge in [0.1, 0.15) is 17.1 Å². The van der Waals surface area contributed by atoms with Crippen molar-refractivity contribution >= 4 is 21.5 Å². The van der Waals surface area contributed by atoms with Gasteiger partial charge in [0, 0.05) is 7.05 Å². The molecule has 0 radical (unpaired) electrons. The van der Waals surface area contributed by atoms with Crippen molar-refractivity contribution in [1.29, 1.82) is 0 Å². The number of aryl methyl sites for hydroxylation is 2. The third-order valence-electron chi connectivity index (χ3n) is 7.56. The van der Waals surface area contributed by atoms with E-state index in [0.29, 0.717) is 16.2 Å². The number of halogens is 7. The molecule has 0 fully saturated rings. The van der Waals surface area contributed by atoms with Crippen molar-refractivity contribution < 1.29 is 40.2 Å². The van der Waals surface area contributed by atoms with Crippen LogP contribution in [0.2, 0.25) is 0 Å². The topological polar surface area (TPSA) is 96.6 Å². The van der Waals surface area contributed by atoms with E-state index in [2.05, 4.69) is 0 Å². The first-order chi connectivity index (χ1) is 22.0. The summed E-state index contributed by atoms with van der Waals surface area (Å²) in [5, 5.41) is -1.10. The summed E-state index contributed by atoms with van der Waals surface area (Å²) >= 11 is 0. The molecule has 2 aromatic heterocycles. The second-order valence-electron chi connectivity index (χ2n) is 10.6. The molecule has 0 aliphatic rings.